The maximum absolute atomic E-state index is 12.6. The van der Waals surface area contributed by atoms with Crippen LogP contribution in [0.1, 0.15) is 21.5 Å². The van der Waals surface area contributed by atoms with Crippen molar-refractivity contribution in [2.45, 2.75) is 13.3 Å². The number of amides is 1. The van der Waals surface area contributed by atoms with Crippen LogP contribution in [0.4, 0.5) is 5.69 Å². The molecule has 156 valence electrons. The Bertz CT molecular complexity index is 1160. The topological polar surface area (TPSA) is 104 Å². The largest absolute Gasteiger partial charge is 0.493 e. The van der Waals surface area contributed by atoms with Crippen molar-refractivity contribution in [2.75, 3.05) is 26.6 Å². The molecule has 0 spiro atoms. The van der Waals surface area contributed by atoms with Gasteiger partial charge < -0.3 is 23.9 Å². The van der Waals surface area contributed by atoms with Gasteiger partial charge in [-0.1, -0.05) is 0 Å². The van der Waals surface area contributed by atoms with Gasteiger partial charge in [0.15, 0.2) is 11.3 Å². The summed E-state index contributed by atoms with van der Waals surface area (Å²) in [6, 6.07) is 9.70. The van der Waals surface area contributed by atoms with Gasteiger partial charge in [-0.25, -0.2) is 9.59 Å². The maximum Gasteiger partial charge on any atom is 0.340 e. The first-order valence-corrected chi connectivity index (χ1v) is 9.05. The molecule has 0 aliphatic rings. The molecule has 8 nitrogen and oxygen atoms in total. The summed E-state index contributed by atoms with van der Waals surface area (Å²) in [5.41, 5.74) is 1.37. The Morgan fingerprint density at radius 2 is 1.70 bits per heavy atom. The van der Waals surface area contributed by atoms with Crippen molar-refractivity contribution in [1.82, 2.24) is 0 Å². The molecule has 0 aliphatic carbocycles. The molecule has 1 N–H and O–H groups in total. The molecular formula is C22H21NO7. The molecule has 0 fully saturated rings. The molecule has 0 aliphatic heterocycles. The van der Waals surface area contributed by atoms with Crippen LogP contribution >= 0.6 is 0 Å². The first-order chi connectivity index (χ1) is 14.4. The highest BCUT2D eigenvalue weighted by atomic mass is 16.5. The van der Waals surface area contributed by atoms with Crippen LogP contribution in [0, 0.1) is 6.92 Å². The van der Waals surface area contributed by atoms with E-state index < -0.39 is 17.5 Å². The van der Waals surface area contributed by atoms with E-state index in [-0.39, 0.29) is 17.6 Å². The van der Waals surface area contributed by atoms with Gasteiger partial charge in [-0.3, -0.25) is 4.79 Å². The Morgan fingerprint density at radius 3 is 2.30 bits per heavy atom. The summed E-state index contributed by atoms with van der Waals surface area (Å²) in [6.07, 6.45) is -0.169. The fourth-order valence-electron chi connectivity index (χ4n) is 3.14. The van der Waals surface area contributed by atoms with Crippen LogP contribution in [0.25, 0.3) is 11.0 Å². The first kappa shape index (κ1) is 20.9. The second-order valence-corrected chi connectivity index (χ2v) is 6.46. The Kier molecular flexibility index (Phi) is 6.06. The number of ether oxygens (including phenoxy) is 3. The SMILES string of the molecule is COC(=O)c1ccc(NC(=O)Cc2c(C)c3ccc(OC)c(OC)c3oc2=O)cc1. The fraction of sp³-hybridized carbons (Fsp3) is 0.227. The third-order valence-electron chi connectivity index (χ3n) is 4.72. The minimum Gasteiger partial charge on any atom is -0.493 e. The van der Waals surface area contributed by atoms with Crippen LogP contribution in [0.15, 0.2) is 45.6 Å². The Labute approximate surface area is 172 Å². The number of esters is 1. The second kappa shape index (κ2) is 8.69. The third-order valence-corrected chi connectivity index (χ3v) is 4.72. The highest BCUT2D eigenvalue weighted by Gasteiger charge is 2.19. The molecular weight excluding hydrogens is 390 g/mol. The van der Waals surface area contributed by atoms with Crippen LogP contribution < -0.4 is 20.4 Å². The summed E-state index contributed by atoms with van der Waals surface area (Å²) in [5, 5.41) is 3.35. The lowest BCUT2D eigenvalue weighted by Gasteiger charge is -2.13. The lowest BCUT2D eigenvalue weighted by Crippen LogP contribution is -2.20. The number of carbonyl (C=O) groups excluding carboxylic acids is 2. The van der Waals surface area contributed by atoms with Gasteiger partial charge in [0, 0.05) is 11.1 Å². The van der Waals surface area contributed by atoms with Gasteiger partial charge in [0.05, 0.1) is 38.9 Å². The summed E-state index contributed by atoms with van der Waals surface area (Å²) >= 11 is 0. The van der Waals surface area contributed by atoms with E-state index in [1.807, 2.05) is 0 Å². The number of hydrogen-bond donors (Lipinski definition) is 1. The Balaban J connectivity index is 1.87. The van der Waals surface area contributed by atoms with Crippen LogP contribution in [0.5, 0.6) is 11.5 Å². The molecule has 0 saturated heterocycles. The average molecular weight is 411 g/mol. The molecule has 30 heavy (non-hydrogen) atoms. The molecule has 8 heteroatoms. The maximum atomic E-state index is 12.6. The van der Waals surface area contributed by atoms with Crippen LogP contribution in [0.3, 0.4) is 0 Å². The first-order valence-electron chi connectivity index (χ1n) is 9.05. The van der Waals surface area contributed by atoms with Crippen LogP contribution in [-0.4, -0.2) is 33.2 Å². The van der Waals surface area contributed by atoms with E-state index >= 15 is 0 Å². The van der Waals surface area contributed by atoms with Gasteiger partial charge in [-0.2, -0.15) is 0 Å². The number of anilines is 1. The molecule has 1 aromatic heterocycles. The van der Waals surface area contributed by atoms with Crippen molar-refractivity contribution >= 4 is 28.5 Å². The highest BCUT2D eigenvalue weighted by Crippen LogP contribution is 2.36. The minimum absolute atomic E-state index is 0.169. The number of nitrogens with one attached hydrogen (secondary N) is 1. The third kappa shape index (κ3) is 3.98. The predicted octanol–water partition coefficient (Wildman–Crippen LogP) is 3.09. The number of fused-ring (bicyclic) bond motifs is 1. The van der Waals surface area contributed by atoms with Gasteiger partial charge in [-0.15, -0.1) is 0 Å². The molecule has 0 radical (unpaired) electrons. The highest BCUT2D eigenvalue weighted by molar-refractivity contribution is 5.95. The molecule has 0 saturated carbocycles. The zero-order valence-corrected chi connectivity index (χ0v) is 17.0. The van der Waals surface area contributed by atoms with Crippen molar-refractivity contribution in [3.8, 4) is 11.5 Å². The lowest BCUT2D eigenvalue weighted by atomic mass is 10.0. The van der Waals surface area contributed by atoms with Crippen molar-refractivity contribution in [2.24, 2.45) is 0 Å². The number of carbonyl (C=O) groups is 2. The normalized spacial score (nSPS) is 10.5. The molecule has 1 heterocycles. The Hall–Kier alpha value is -3.81. The molecule has 3 rings (SSSR count). The van der Waals surface area contributed by atoms with E-state index in [4.69, 9.17) is 13.9 Å². The van der Waals surface area contributed by atoms with Gasteiger partial charge in [0.2, 0.25) is 11.7 Å². The smallest absolute Gasteiger partial charge is 0.340 e. The van der Waals surface area contributed by atoms with E-state index in [1.165, 1.54) is 33.5 Å². The van der Waals surface area contributed by atoms with Gasteiger partial charge in [0.25, 0.3) is 0 Å². The van der Waals surface area contributed by atoms with E-state index in [0.717, 1.165) is 0 Å². The minimum atomic E-state index is -0.622. The molecule has 0 atom stereocenters. The van der Waals surface area contributed by atoms with Gasteiger partial charge in [0.1, 0.15) is 0 Å². The summed E-state index contributed by atoms with van der Waals surface area (Å²) in [7, 11) is 4.24. The molecule has 3 aromatic rings. The predicted molar refractivity (Wildman–Crippen MR) is 110 cm³/mol. The van der Waals surface area contributed by atoms with E-state index in [2.05, 4.69) is 10.1 Å². The standard InChI is InChI=1S/C22H21NO7/c1-12-15-9-10-17(27-2)20(28-3)19(15)30-22(26)16(12)11-18(24)23-14-7-5-13(6-8-14)21(25)29-4/h5-10H,11H2,1-4H3,(H,23,24). The number of hydrogen-bond acceptors (Lipinski definition) is 7. The molecule has 1 amide bonds. The zero-order valence-electron chi connectivity index (χ0n) is 17.0. The van der Waals surface area contributed by atoms with E-state index in [0.29, 0.717) is 33.7 Å². The summed E-state index contributed by atoms with van der Waals surface area (Å²) in [5.74, 6) is -0.106. The van der Waals surface area contributed by atoms with Gasteiger partial charge >= 0.3 is 11.6 Å². The quantitative estimate of drug-likeness (QED) is 0.491. The molecule has 0 bridgehead atoms. The lowest BCUT2D eigenvalue weighted by molar-refractivity contribution is -0.115. The van der Waals surface area contributed by atoms with Crippen molar-refractivity contribution in [1.29, 1.82) is 0 Å². The van der Waals surface area contributed by atoms with Crippen LogP contribution in [0.2, 0.25) is 0 Å². The second-order valence-electron chi connectivity index (χ2n) is 6.46. The van der Waals surface area contributed by atoms with E-state index in [9.17, 15) is 14.4 Å². The average Bonchev–Trinajstić information content (AvgIpc) is 2.75. The van der Waals surface area contributed by atoms with E-state index in [1.54, 1.807) is 31.2 Å². The summed E-state index contributed by atoms with van der Waals surface area (Å²) in [6.45, 7) is 1.75. The zero-order chi connectivity index (χ0) is 21.8. The van der Waals surface area contributed by atoms with Crippen molar-refractivity contribution in [3.63, 3.8) is 0 Å². The van der Waals surface area contributed by atoms with Crippen molar-refractivity contribution < 1.29 is 28.2 Å². The number of benzene rings is 2. The number of methoxy groups -OCH3 is 3. The molecule has 0 unspecified atom stereocenters. The summed E-state index contributed by atoms with van der Waals surface area (Å²) < 4.78 is 20.7. The fourth-order valence-corrected chi connectivity index (χ4v) is 3.14. The number of rotatable bonds is 6. The number of aryl methyl sites for hydroxylation is 1. The van der Waals surface area contributed by atoms with Crippen molar-refractivity contribution in [3.05, 3.63) is 63.5 Å². The molecule has 2 aromatic carbocycles. The van der Waals surface area contributed by atoms with Crippen LogP contribution in [-0.2, 0) is 16.0 Å². The monoisotopic (exact) mass is 411 g/mol. The Morgan fingerprint density at radius 1 is 1.00 bits per heavy atom. The van der Waals surface area contributed by atoms with Gasteiger partial charge in [-0.05, 0) is 48.9 Å². The summed E-state index contributed by atoms with van der Waals surface area (Å²) in [4.78, 5) is 36.5.